The highest BCUT2D eigenvalue weighted by Gasteiger charge is 2.46. The molecule has 3 rings (SSSR count). The van der Waals surface area contributed by atoms with Crippen molar-refractivity contribution in [2.45, 2.75) is 77.5 Å². The molecule has 1 spiro atoms. The summed E-state index contributed by atoms with van der Waals surface area (Å²) in [5.74, 6) is 0. The van der Waals surface area contributed by atoms with Crippen LogP contribution in [0.4, 0.5) is 4.79 Å². The lowest BCUT2D eigenvalue weighted by Crippen LogP contribution is -2.53. The number of rotatable bonds is 1. The van der Waals surface area contributed by atoms with Gasteiger partial charge in [0.1, 0.15) is 5.60 Å². The van der Waals surface area contributed by atoms with Crippen molar-refractivity contribution in [3.05, 3.63) is 21.4 Å². The molecule has 3 heterocycles. The van der Waals surface area contributed by atoms with E-state index in [0.29, 0.717) is 6.54 Å². The SMILES string of the molecule is CCc1cc2c(s1)CCO[C@@]21CCN(C(=O)OC(C)(C)C)[C@@H](C)C1. The number of hydrogen-bond donors (Lipinski definition) is 0. The Morgan fingerprint density at radius 3 is 2.88 bits per heavy atom. The highest BCUT2D eigenvalue weighted by molar-refractivity contribution is 7.12. The number of hydrogen-bond acceptors (Lipinski definition) is 4. The van der Waals surface area contributed by atoms with Gasteiger partial charge in [-0.1, -0.05) is 6.92 Å². The van der Waals surface area contributed by atoms with Crippen molar-refractivity contribution in [3.8, 4) is 0 Å². The third-order valence-corrected chi connectivity index (χ3v) is 6.29. The summed E-state index contributed by atoms with van der Waals surface area (Å²) in [6.45, 7) is 11.5. The Balaban J connectivity index is 1.78. The number of carbonyl (C=O) groups is 1. The van der Waals surface area contributed by atoms with Gasteiger partial charge >= 0.3 is 6.09 Å². The lowest BCUT2D eigenvalue weighted by atomic mass is 9.79. The van der Waals surface area contributed by atoms with Crippen molar-refractivity contribution in [1.29, 1.82) is 0 Å². The summed E-state index contributed by atoms with van der Waals surface area (Å²) >= 11 is 1.93. The Labute approximate surface area is 149 Å². The maximum atomic E-state index is 12.5. The molecule has 0 aromatic carbocycles. The summed E-state index contributed by atoms with van der Waals surface area (Å²) < 4.78 is 11.9. The maximum Gasteiger partial charge on any atom is 0.410 e. The molecule has 24 heavy (non-hydrogen) atoms. The molecular weight excluding hydrogens is 322 g/mol. The number of ether oxygens (including phenoxy) is 2. The fourth-order valence-electron chi connectivity index (χ4n) is 3.82. The molecule has 2 atom stereocenters. The Morgan fingerprint density at radius 2 is 2.25 bits per heavy atom. The van der Waals surface area contributed by atoms with Crippen molar-refractivity contribution in [3.63, 3.8) is 0 Å². The molecule has 4 nitrogen and oxygen atoms in total. The highest BCUT2D eigenvalue weighted by Crippen LogP contribution is 2.46. The van der Waals surface area contributed by atoms with E-state index in [2.05, 4.69) is 19.9 Å². The van der Waals surface area contributed by atoms with Crippen LogP contribution in [0.3, 0.4) is 0 Å². The molecule has 0 saturated carbocycles. The minimum Gasteiger partial charge on any atom is -0.444 e. The molecule has 0 aliphatic carbocycles. The second kappa shape index (κ2) is 6.34. The summed E-state index contributed by atoms with van der Waals surface area (Å²) in [6.07, 6.45) is 3.59. The predicted molar refractivity (Wildman–Crippen MR) is 96.7 cm³/mol. The Bertz CT molecular complexity index is 619. The topological polar surface area (TPSA) is 38.8 Å². The van der Waals surface area contributed by atoms with Gasteiger partial charge in [0.2, 0.25) is 0 Å². The lowest BCUT2D eigenvalue weighted by Gasteiger charge is -2.47. The molecule has 1 saturated heterocycles. The summed E-state index contributed by atoms with van der Waals surface area (Å²) in [5, 5.41) is 0. The van der Waals surface area contributed by atoms with Gasteiger partial charge in [0, 0.05) is 35.2 Å². The van der Waals surface area contributed by atoms with E-state index in [4.69, 9.17) is 9.47 Å². The minimum atomic E-state index is -0.455. The van der Waals surface area contributed by atoms with Crippen LogP contribution in [-0.4, -0.2) is 35.8 Å². The van der Waals surface area contributed by atoms with Crippen LogP contribution in [0.25, 0.3) is 0 Å². The quantitative estimate of drug-likeness (QED) is 0.748. The molecule has 0 radical (unpaired) electrons. The van der Waals surface area contributed by atoms with Crippen molar-refractivity contribution in [2.75, 3.05) is 13.2 Å². The molecule has 2 aliphatic rings. The number of likely N-dealkylation sites (tertiary alicyclic amines) is 1. The van der Waals surface area contributed by atoms with Gasteiger partial charge in [0.15, 0.2) is 0 Å². The summed E-state index contributed by atoms with van der Waals surface area (Å²) in [5.41, 5.74) is 0.713. The zero-order chi connectivity index (χ0) is 17.5. The molecule has 5 heteroatoms. The average Bonchev–Trinajstić information content (AvgIpc) is 2.90. The Kier molecular flexibility index (Phi) is 4.69. The Hall–Kier alpha value is -1.07. The van der Waals surface area contributed by atoms with E-state index in [9.17, 15) is 4.79 Å². The van der Waals surface area contributed by atoms with Gasteiger partial charge in [-0.15, -0.1) is 11.3 Å². The van der Waals surface area contributed by atoms with E-state index in [0.717, 1.165) is 32.3 Å². The van der Waals surface area contributed by atoms with Gasteiger partial charge in [-0.3, -0.25) is 0 Å². The first kappa shape index (κ1) is 17.7. The molecule has 2 aliphatic heterocycles. The molecule has 0 bridgehead atoms. The molecule has 0 unspecified atom stereocenters. The van der Waals surface area contributed by atoms with Crippen LogP contribution < -0.4 is 0 Å². The Morgan fingerprint density at radius 1 is 1.50 bits per heavy atom. The number of aryl methyl sites for hydroxylation is 1. The monoisotopic (exact) mass is 351 g/mol. The second-order valence-corrected chi connectivity index (χ2v) is 9.19. The fraction of sp³-hybridized carbons (Fsp3) is 0.737. The molecule has 1 amide bonds. The van der Waals surface area contributed by atoms with Gasteiger partial charge in [-0.05, 0) is 52.2 Å². The van der Waals surface area contributed by atoms with Crippen LogP contribution in [0.15, 0.2) is 6.07 Å². The van der Waals surface area contributed by atoms with Crippen LogP contribution in [0.5, 0.6) is 0 Å². The van der Waals surface area contributed by atoms with E-state index in [1.165, 1.54) is 15.3 Å². The molecule has 0 N–H and O–H groups in total. The van der Waals surface area contributed by atoms with E-state index in [-0.39, 0.29) is 17.7 Å². The highest BCUT2D eigenvalue weighted by atomic mass is 32.1. The van der Waals surface area contributed by atoms with Crippen LogP contribution in [0.1, 0.15) is 62.8 Å². The average molecular weight is 352 g/mol. The lowest BCUT2D eigenvalue weighted by molar-refractivity contribution is -0.110. The van der Waals surface area contributed by atoms with E-state index < -0.39 is 5.60 Å². The van der Waals surface area contributed by atoms with Gasteiger partial charge in [-0.2, -0.15) is 0 Å². The number of amides is 1. The number of nitrogens with zero attached hydrogens (tertiary/aromatic N) is 1. The first-order valence-electron chi connectivity index (χ1n) is 9.00. The summed E-state index contributed by atoms with van der Waals surface area (Å²) in [4.78, 5) is 17.2. The van der Waals surface area contributed by atoms with E-state index in [1.54, 1.807) is 0 Å². The first-order chi connectivity index (χ1) is 11.2. The maximum absolute atomic E-state index is 12.5. The van der Waals surface area contributed by atoms with E-state index in [1.807, 2.05) is 37.0 Å². The smallest absolute Gasteiger partial charge is 0.410 e. The number of thiophene rings is 1. The predicted octanol–water partition coefficient (Wildman–Crippen LogP) is 4.50. The standard InChI is InChI=1S/C19H29NO3S/c1-6-14-11-15-16(24-14)7-10-22-19(15)8-9-20(13(2)12-19)17(21)23-18(3,4)5/h11,13H,6-10,12H2,1-5H3/t13-,19+/m0/s1. The fourth-order valence-corrected chi connectivity index (χ4v) is 5.00. The second-order valence-electron chi connectivity index (χ2n) is 7.97. The van der Waals surface area contributed by atoms with E-state index >= 15 is 0 Å². The zero-order valence-electron chi connectivity index (χ0n) is 15.5. The van der Waals surface area contributed by atoms with Crippen LogP contribution in [0.2, 0.25) is 0 Å². The third-order valence-electron chi connectivity index (χ3n) is 4.95. The van der Waals surface area contributed by atoms with Crippen molar-refractivity contribution in [1.82, 2.24) is 4.90 Å². The van der Waals surface area contributed by atoms with Gasteiger partial charge in [0.25, 0.3) is 0 Å². The van der Waals surface area contributed by atoms with Crippen LogP contribution in [0, 0.1) is 0 Å². The minimum absolute atomic E-state index is 0.115. The van der Waals surface area contributed by atoms with Gasteiger partial charge in [0.05, 0.1) is 12.2 Å². The summed E-state index contributed by atoms with van der Waals surface area (Å²) in [6, 6.07) is 2.46. The van der Waals surface area contributed by atoms with Gasteiger partial charge < -0.3 is 14.4 Å². The largest absolute Gasteiger partial charge is 0.444 e. The third kappa shape index (κ3) is 3.33. The molecule has 1 fully saturated rings. The number of carbonyl (C=O) groups excluding carboxylic acids is 1. The van der Waals surface area contributed by atoms with Crippen molar-refractivity contribution >= 4 is 17.4 Å². The number of fused-ring (bicyclic) bond motifs is 2. The van der Waals surface area contributed by atoms with Crippen LogP contribution >= 0.6 is 11.3 Å². The summed E-state index contributed by atoms with van der Waals surface area (Å²) in [7, 11) is 0. The van der Waals surface area contributed by atoms with Crippen molar-refractivity contribution in [2.24, 2.45) is 0 Å². The van der Waals surface area contributed by atoms with Gasteiger partial charge in [-0.25, -0.2) is 4.79 Å². The molecule has 1 aromatic heterocycles. The van der Waals surface area contributed by atoms with Crippen LogP contribution in [-0.2, 0) is 27.9 Å². The number of piperidine rings is 1. The van der Waals surface area contributed by atoms with Crippen molar-refractivity contribution < 1.29 is 14.3 Å². The zero-order valence-corrected chi connectivity index (χ0v) is 16.3. The molecular formula is C19H29NO3S. The molecule has 134 valence electrons. The first-order valence-corrected chi connectivity index (χ1v) is 9.81. The normalized spacial score (nSPS) is 27.2. The molecule has 1 aromatic rings.